The van der Waals surface area contributed by atoms with Gasteiger partial charge in [0.1, 0.15) is 0 Å². The summed E-state index contributed by atoms with van der Waals surface area (Å²) in [6.45, 7) is 0. The van der Waals surface area contributed by atoms with Gasteiger partial charge in [0.2, 0.25) is 0 Å². The van der Waals surface area contributed by atoms with E-state index in [0.29, 0.717) is 0 Å². The molecular formula is C36H28N2S2. The van der Waals surface area contributed by atoms with E-state index >= 15 is 0 Å². The van der Waals surface area contributed by atoms with Gasteiger partial charge >= 0.3 is 0 Å². The maximum atomic E-state index is 4.58. The first-order valence-corrected chi connectivity index (χ1v) is 14.0. The molecule has 2 nitrogen and oxygen atoms in total. The van der Waals surface area contributed by atoms with Crippen LogP contribution in [0.1, 0.15) is 0 Å². The first-order chi connectivity index (χ1) is 19.7. The fraction of sp³-hybridized carbons (Fsp3) is 0. The molecule has 40 heavy (non-hydrogen) atoms. The zero-order valence-corrected chi connectivity index (χ0v) is 23.6. The van der Waals surface area contributed by atoms with Crippen LogP contribution < -0.4 is 9.80 Å². The van der Waals surface area contributed by atoms with E-state index in [4.69, 9.17) is 0 Å². The average Bonchev–Trinajstić information content (AvgIpc) is 3.00. The Kier molecular flexibility index (Phi) is 7.62. The number of para-hydroxylation sites is 2. The lowest BCUT2D eigenvalue weighted by Crippen LogP contribution is -2.10. The van der Waals surface area contributed by atoms with Gasteiger partial charge in [-0.05, 0) is 96.1 Å². The Hall–Kier alpha value is -4.38. The minimum Gasteiger partial charge on any atom is -0.310 e. The van der Waals surface area contributed by atoms with Gasteiger partial charge in [-0.2, -0.15) is 0 Å². The maximum Gasteiger partial charge on any atom is 0.0472 e. The van der Waals surface area contributed by atoms with Crippen molar-refractivity contribution in [2.45, 2.75) is 9.79 Å². The second kappa shape index (κ2) is 11.8. The summed E-state index contributed by atoms with van der Waals surface area (Å²) in [6, 6.07) is 54.7. The van der Waals surface area contributed by atoms with Crippen LogP contribution in [0, 0.1) is 0 Å². The Morgan fingerprint density at radius 1 is 0.300 bits per heavy atom. The lowest BCUT2D eigenvalue weighted by atomic mass is 10.0. The molecule has 6 aromatic carbocycles. The molecule has 0 aliphatic rings. The van der Waals surface area contributed by atoms with Crippen LogP contribution in [0.3, 0.4) is 0 Å². The maximum absolute atomic E-state index is 4.58. The summed E-state index contributed by atoms with van der Waals surface area (Å²) < 4.78 is 0. The van der Waals surface area contributed by atoms with Gasteiger partial charge in [0.05, 0.1) is 0 Å². The number of anilines is 6. The summed E-state index contributed by atoms with van der Waals surface area (Å²) in [7, 11) is 0. The third-order valence-corrected chi connectivity index (χ3v) is 7.35. The first kappa shape index (κ1) is 25.9. The Morgan fingerprint density at radius 3 is 0.975 bits per heavy atom. The number of nitrogens with zero attached hydrogens (tertiary/aromatic N) is 2. The molecule has 0 amide bonds. The zero-order chi connectivity index (χ0) is 27.3. The van der Waals surface area contributed by atoms with Crippen LogP contribution in [0.2, 0.25) is 0 Å². The van der Waals surface area contributed by atoms with Gasteiger partial charge < -0.3 is 9.80 Å². The molecule has 4 heteroatoms. The van der Waals surface area contributed by atoms with Crippen LogP contribution in [0.25, 0.3) is 11.1 Å². The number of thiol groups is 2. The van der Waals surface area contributed by atoms with Crippen molar-refractivity contribution in [2.75, 3.05) is 9.80 Å². The van der Waals surface area contributed by atoms with Gasteiger partial charge in [-0.1, -0.05) is 72.8 Å². The highest BCUT2D eigenvalue weighted by atomic mass is 32.1. The summed E-state index contributed by atoms with van der Waals surface area (Å²) in [5.74, 6) is 0. The van der Waals surface area contributed by atoms with Crippen LogP contribution in [0.15, 0.2) is 168 Å². The van der Waals surface area contributed by atoms with Crippen LogP contribution in [0.5, 0.6) is 0 Å². The molecule has 194 valence electrons. The number of hydrogen-bond acceptors (Lipinski definition) is 4. The van der Waals surface area contributed by atoms with E-state index in [1.54, 1.807) is 0 Å². The standard InChI is InChI=1S/C36H28N2S2/c39-35-15-7-13-33(25-35)37(29-9-3-1-4-10-29)31-21-17-27(18-22-31)28-19-23-32(24-20-28)38(30-11-5-2-6-12-30)34-14-8-16-36(40)26-34/h1-26,39-40H. The minimum absolute atomic E-state index is 0.931. The largest absolute Gasteiger partial charge is 0.310 e. The normalized spacial score (nSPS) is 10.8. The summed E-state index contributed by atoms with van der Waals surface area (Å²) in [4.78, 5) is 6.36. The molecule has 0 atom stereocenters. The van der Waals surface area contributed by atoms with E-state index in [9.17, 15) is 0 Å². The van der Waals surface area contributed by atoms with Crippen molar-refractivity contribution < 1.29 is 0 Å². The van der Waals surface area contributed by atoms with Gasteiger partial charge in [0, 0.05) is 43.9 Å². The third-order valence-electron chi connectivity index (χ3n) is 6.79. The molecular weight excluding hydrogens is 525 g/mol. The van der Waals surface area contributed by atoms with Gasteiger partial charge in [-0.3, -0.25) is 0 Å². The first-order valence-electron chi connectivity index (χ1n) is 13.1. The summed E-state index contributed by atoms with van der Waals surface area (Å²) in [5.41, 5.74) is 8.85. The van der Waals surface area contributed by atoms with Crippen LogP contribution in [0.4, 0.5) is 34.1 Å². The molecule has 0 radical (unpaired) electrons. The predicted molar refractivity (Wildman–Crippen MR) is 176 cm³/mol. The van der Waals surface area contributed by atoms with Crippen LogP contribution in [-0.2, 0) is 0 Å². The summed E-state index contributed by atoms with van der Waals surface area (Å²) >= 11 is 9.16. The fourth-order valence-corrected chi connectivity index (χ4v) is 5.36. The van der Waals surface area contributed by atoms with Crippen molar-refractivity contribution in [1.29, 1.82) is 0 Å². The summed E-state index contributed by atoms with van der Waals surface area (Å²) in [6.07, 6.45) is 0. The van der Waals surface area contributed by atoms with E-state index in [1.807, 2.05) is 36.4 Å². The molecule has 0 saturated heterocycles. The Bertz CT molecular complexity index is 1570. The number of benzene rings is 6. The van der Waals surface area contributed by atoms with Gasteiger partial charge in [-0.15, -0.1) is 25.3 Å². The third kappa shape index (κ3) is 5.64. The van der Waals surface area contributed by atoms with E-state index < -0.39 is 0 Å². The molecule has 0 spiro atoms. The minimum atomic E-state index is 0.931. The molecule has 0 aromatic heterocycles. The Balaban J connectivity index is 1.32. The van der Waals surface area contributed by atoms with Gasteiger partial charge in [0.25, 0.3) is 0 Å². The smallest absolute Gasteiger partial charge is 0.0472 e. The van der Waals surface area contributed by atoms with Gasteiger partial charge in [-0.25, -0.2) is 0 Å². The van der Waals surface area contributed by atoms with Crippen molar-refractivity contribution in [3.8, 4) is 11.1 Å². The molecule has 0 fully saturated rings. The molecule has 0 saturated carbocycles. The monoisotopic (exact) mass is 552 g/mol. The number of rotatable bonds is 7. The highest BCUT2D eigenvalue weighted by molar-refractivity contribution is 7.80. The van der Waals surface area contributed by atoms with E-state index in [-0.39, 0.29) is 0 Å². The molecule has 0 unspecified atom stereocenters. The van der Waals surface area contributed by atoms with Crippen molar-refractivity contribution in [2.24, 2.45) is 0 Å². The molecule has 0 aliphatic carbocycles. The molecule has 6 rings (SSSR count). The van der Waals surface area contributed by atoms with Crippen LogP contribution in [-0.4, -0.2) is 0 Å². The van der Waals surface area contributed by atoms with Gasteiger partial charge in [0.15, 0.2) is 0 Å². The molecule has 6 aromatic rings. The van der Waals surface area contributed by atoms with Crippen molar-refractivity contribution in [3.63, 3.8) is 0 Å². The van der Waals surface area contributed by atoms with E-state index in [0.717, 1.165) is 55.0 Å². The second-order valence-corrected chi connectivity index (χ2v) is 10.5. The van der Waals surface area contributed by atoms with Crippen LogP contribution >= 0.6 is 25.3 Å². The lowest BCUT2D eigenvalue weighted by Gasteiger charge is -2.26. The molecule has 0 aliphatic heterocycles. The second-order valence-electron chi connectivity index (χ2n) is 9.48. The zero-order valence-electron chi connectivity index (χ0n) is 21.8. The molecule has 0 N–H and O–H groups in total. The lowest BCUT2D eigenvalue weighted by molar-refractivity contribution is 1.26. The van der Waals surface area contributed by atoms with Crippen molar-refractivity contribution in [3.05, 3.63) is 158 Å². The molecule has 0 bridgehead atoms. The SMILES string of the molecule is Sc1cccc(N(c2ccccc2)c2ccc(-c3ccc(N(c4ccccc4)c4cccc(S)c4)cc3)cc2)c1. The van der Waals surface area contributed by atoms with Crippen molar-refractivity contribution >= 4 is 59.4 Å². The Morgan fingerprint density at radius 2 is 0.625 bits per heavy atom. The van der Waals surface area contributed by atoms with E-state index in [2.05, 4.69) is 156 Å². The van der Waals surface area contributed by atoms with E-state index in [1.165, 1.54) is 0 Å². The average molecular weight is 553 g/mol. The summed E-state index contributed by atoms with van der Waals surface area (Å²) in [5, 5.41) is 0. The quantitative estimate of drug-likeness (QED) is 0.190. The topological polar surface area (TPSA) is 6.48 Å². The molecule has 0 heterocycles. The Labute approximate surface area is 247 Å². The highest BCUT2D eigenvalue weighted by Gasteiger charge is 2.14. The van der Waals surface area contributed by atoms with Crippen molar-refractivity contribution in [1.82, 2.24) is 0 Å². The fourth-order valence-electron chi connectivity index (χ4n) is 4.92. The number of hydrogen-bond donors (Lipinski definition) is 2. The predicted octanol–water partition coefficient (Wildman–Crippen LogP) is 10.9. The highest BCUT2D eigenvalue weighted by Crippen LogP contribution is 2.38.